The molecule has 0 bridgehead atoms. The van der Waals surface area contributed by atoms with E-state index in [4.69, 9.17) is 34.8 Å². The van der Waals surface area contributed by atoms with Gasteiger partial charge in [0.15, 0.2) is 0 Å². The average molecular weight is 337 g/mol. The van der Waals surface area contributed by atoms with Crippen LogP contribution in [0.2, 0.25) is 0 Å². The van der Waals surface area contributed by atoms with Gasteiger partial charge in [-0.05, 0) is 11.9 Å². The van der Waals surface area contributed by atoms with Crippen LogP contribution in [0.4, 0.5) is 0 Å². The van der Waals surface area contributed by atoms with E-state index in [2.05, 4.69) is 0 Å². The Morgan fingerprint density at radius 2 is 1.60 bits per heavy atom. The Morgan fingerprint density at radius 3 is 1.93 bits per heavy atom. The fourth-order valence-corrected chi connectivity index (χ4v) is 4.57. The van der Waals surface area contributed by atoms with Crippen molar-refractivity contribution in [3.8, 4) is 0 Å². The van der Waals surface area contributed by atoms with Crippen molar-refractivity contribution < 1.29 is 16.8 Å². The number of nitrogens with one attached hydrogen (secondary N) is 1. The van der Waals surface area contributed by atoms with Gasteiger partial charge in [0.25, 0.3) is 3.12 Å². The summed E-state index contributed by atoms with van der Waals surface area (Å²) in [6.07, 6.45) is 0.935. The van der Waals surface area contributed by atoms with Crippen LogP contribution < -0.4 is 4.13 Å². The quantitative estimate of drug-likeness (QED) is 0.596. The first-order valence-electron chi connectivity index (χ1n) is 3.33. The van der Waals surface area contributed by atoms with Crippen LogP contribution in [0.15, 0.2) is 0 Å². The topological polar surface area (TPSA) is 80.3 Å². The third-order valence-electron chi connectivity index (χ3n) is 1.01. The molecule has 92 valence electrons. The fourth-order valence-electron chi connectivity index (χ4n) is 0.413. The molecule has 0 aliphatic heterocycles. The standard InChI is InChI=1S/C4H8Cl3NO4S3/c1-14(9,10)2-3-15(11,12)8-13-4(5,6)7/h8H,2-3H2,1H3. The van der Waals surface area contributed by atoms with Gasteiger partial charge in [0, 0.05) is 6.26 Å². The predicted octanol–water partition coefficient (Wildman–Crippen LogP) is 0.926. The maximum atomic E-state index is 11.2. The number of hydrogen-bond donors (Lipinski definition) is 1. The van der Waals surface area contributed by atoms with E-state index in [0.29, 0.717) is 11.9 Å². The van der Waals surface area contributed by atoms with E-state index in [-0.39, 0.29) is 0 Å². The molecule has 0 saturated carbocycles. The van der Waals surface area contributed by atoms with Gasteiger partial charge in [0.2, 0.25) is 10.0 Å². The van der Waals surface area contributed by atoms with Crippen LogP contribution in [0.25, 0.3) is 0 Å². The van der Waals surface area contributed by atoms with Crippen molar-refractivity contribution in [1.82, 2.24) is 4.13 Å². The van der Waals surface area contributed by atoms with Gasteiger partial charge in [0.1, 0.15) is 9.84 Å². The predicted molar refractivity (Wildman–Crippen MR) is 64.5 cm³/mol. The summed E-state index contributed by atoms with van der Waals surface area (Å²) in [7, 11) is -7.11. The van der Waals surface area contributed by atoms with Crippen molar-refractivity contribution in [2.75, 3.05) is 17.8 Å². The molecule has 0 aliphatic carbocycles. The molecular formula is C4H8Cl3NO4S3. The highest BCUT2D eigenvalue weighted by Crippen LogP contribution is 2.36. The minimum absolute atomic E-state index is 0.355. The van der Waals surface area contributed by atoms with Crippen LogP contribution in [0.5, 0.6) is 0 Å². The second-order valence-corrected chi connectivity index (χ2v) is 10.9. The summed E-state index contributed by atoms with van der Waals surface area (Å²) in [5.74, 6) is -1.05. The Morgan fingerprint density at radius 1 is 1.13 bits per heavy atom. The van der Waals surface area contributed by atoms with Crippen molar-refractivity contribution in [3.63, 3.8) is 0 Å². The number of hydrogen-bond acceptors (Lipinski definition) is 5. The van der Waals surface area contributed by atoms with Gasteiger partial charge in [-0.2, -0.15) is 4.13 Å². The van der Waals surface area contributed by atoms with E-state index in [1.54, 1.807) is 0 Å². The molecule has 0 radical (unpaired) electrons. The summed E-state index contributed by atoms with van der Waals surface area (Å²) in [4.78, 5) is 0. The Balaban J connectivity index is 4.23. The molecule has 0 heterocycles. The smallest absolute Gasteiger partial charge is 0.229 e. The zero-order chi connectivity index (χ0) is 12.3. The van der Waals surface area contributed by atoms with Crippen LogP contribution in [-0.4, -0.2) is 37.7 Å². The number of rotatable bonds is 5. The third kappa shape index (κ3) is 11.3. The van der Waals surface area contributed by atoms with Crippen molar-refractivity contribution in [2.24, 2.45) is 0 Å². The van der Waals surface area contributed by atoms with E-state index in [1.807, 2.05) is 4.13 Å². The fraction of sp³-hybridized carbons (Fsp3) is 1.00. The summed E-state index contributed by atoms with van der Waals surface area (Å²) >= 11 is 16.2. The second-order valence-electron chi connectivity index (χ2n) is 2.58. The highest BCUT2D eigenvalue weighted by molar-refractivity contribution is 8.12. The SMILES string of the molecule is CS(=O)(=O)CCS(=O)(=O)NSC(Cl)(Cl)Cl. The maximum Gasteiger partial charge on any atom is 0.252 e. The van der Waals surface area contributed by atoms with Crippen LogP contribution in [0, 0.1) is 0 Å². The molecule has 5 nitrogen and oxygen atoms in total. The third-order valence-corrected chi connectivity index (χ3v) is 5.23. The number of alkyl halides is 3. The lowest BCUT2D eigenvalue weighted by atomic mass is 11.0. The largest absolute Gasteiger partial charge is 0.252 e. The molecular weight excluding hydrogens is 329 g/mol. The lowest BCUT2D eigenvalue weighted by Gasteiger charge is -2.10. The molecule has 0 spiro atoms. The Kier molecular flexibility index (Phi) is 6.02. The molecule has 0 saturated heterocycles. The van der Waals surface area contributed by atoms with E-state index < -0.39 is 34.5 Å². The minimum Gasteiger partial charge on any atom is -0.229 e. The molecule has 0 aromatic heterocycles. The number of sulfonamides is 1. The first-order chi connectivity index (χ1) is 6.41. The van der Waals surface area contributed by atoms with Crippen molar-refractivity contribution in [3.05, 3.63) is 0 Å². The van der Waals surface area contributed by atoms with Crippen molar-refractivity contribution in [2.45, 2.75) is 3.12 Å². The normalized spacial score (nSPS) is 14.1. The van der Waals surface area contributed by atoms with Gasteiger partial charge < -0.3 is 0 Å². The van der Waals surface area contributed by atoms with Gasteiger partial charge in [0.05, 0.1) is 11.5 Å². The van der Waals surface area contributed by atoms with Gasteiger partial charge in [-0.25, -0.2) is 16.8 Å². The summed E-state index contributed by atoms with van der Waals surface area (Å²) in [5.41, 5.74) is 0. The van der Waals surface area contributed by atoms with E-state index >= 15 is 0 Å². The lowest BCUT2D eigenvalue weighted by Crippen LogP contribution is -2.26. The van der Waals surface area contributed by atoms with E-state index in [9.17, 15) is 16.8 Å². The highest BCUT2D eigenvalue weighted by Gasteiger charge is 2.24. The van der Waals surface area contributed by atoms with Gasteiger partial charge >= 0.3 is 0 Å². The van der Waals surface area contributed by atoms with Gasteiger partial charge in [-0.3, -0.25) is 0 Å². The average Bonchev–Trinajstić information content (AvgIpc) is 1.96. The molecule has 11 heteroatoms. The zero-order valence-corrected chi connectivity index (χ0v) is 12.1. The molecule has 0 fully saturated rings. The Labute approximate surface area is 108 Å². The second kappa shape index (κ2) is 5.61. The van der Waals surface area contributed by atoms with E-state index in [1.165, 1.54) is 0 Å². The summed E-state index contributed by atoms with van der Waals surface area (Å²) < 4.78 is 43.8. The van der Waals surface area contributed by atoms with Crippen LogP contribution in [-0.2, 0) is 19.9 Å². The first-order valence-corrected chi connectivity index (χ1v) is 8.99. The highest BCUT2D eigenvalue weighted by atomic mass is 35.6. The molecule has 0 aliphatic rings. The van der Waals surface area contributed by atoms with Crippen molar-refractivity contribution >= 4 is 66.6 Å². The minimum atomic E-state index is -3.77. The molecule has 0 amide bonds. The molecule has 0 aromatic rings. The van der Waals surface area contributed by atoms with Gasteiger partial charge in [-0.1, -0.05) is 34.8 Å². The Bertz CT molecular complexity index is 397. The number of halogens is 3. The van der Waals surface area contributed by atoms with Crippen molar-refractivity contribution in [1.29, 1.82) is 0 Å². The molecule has 15 heavy (non-hydrogen) atoms. The van der Waals surface area contributed by atoms with Crippen LogP contribution in [0.1, 0.15) is 0 Å². The van der Waals surface area contributed by atoms with E-state index in [0.717, 1.165) is 6.26 Å². The molecule has 0 atom stereocenters. The van der Waals surface area contributed by atoms with Crippen LogP contribution in [0.3, 0.4) is 0 Å². The summed E-state index contributed by atoms with van der Waals surface area (Å²) in [6.45, 7) is 0. The molecule has 0 unspecified atom stereocenters. The zero-order valence-electron chi connectivity index (χ0n) is 7.41. The van der Waals surface area contributed by atoms with Gasteiger partial charge in [-0.15, -0.1) is 0 Å². The maximum absolute atomic E-state index is 11.2. The monoisotopic (exact) mass is 335 g/mol. The summed E-state index contributed by atoms with van der Waals surface area (Å²) in [5, 5.41) is 0. The number of sulfone groups is 1. The molecule has 0 rings (SSSR count). The molecule has 0 aromatic carbocycles. The first kappa shape index (κ1) is 16.1. The Hall–Kier alpha value is 1.08. The molecule has 1 N–H and O–H groups in total. The summed E-state index contributed by atoms with van der Waals surface area (Å²) in [6, 6.07) is 0. The lowest BCUT2D eigenvalue weighted by molar-refractivity contribution is 0.589. The van der Waals surface area contributed by atoms with Crippen LogP contribution >= 0.6 is 46.8 Å².